The number of likely N-dealkylation sites (tertiary alicyclic amines) is 1. The lowest BCUT2D eigenvalue weighted by atomic mass is 9.84. The van der Waals surface area contributed by atoms with Crippen molar-refractivity contribution in [2.45, 2.75) is 55.4 Å². The minimum absolute atomic E-state index is 0.00761. The highest BCUT2D eigenvalue weighted by atomic mass is 32.2. The van der Waals surface area contributed by atoms with Crippen molar-refractivity contribution < 1.29 is 14.4 Å². The van der Waals surface area contributed by atoms with Crippen molar-refractivity contribution in [3.05, 3.63) is 48.0 Å². The summed E-state index contributed by atoms with van der Waals surface area (Å²) in [6.45, 7) is 1.12. The summed E-state index contributed by atoms with van der Waals surface area (Å²) in [4.78, 5) is 45.3. The molecule has 2 fully saturated rings. The van der Waals surface area contributed by atoms with Gasteiger partial charge in [0.1, 0.15) is 0 Å². The smallest absolute Gasteiger partial charge is 0.222 e. The van der Waals surface area contributed by atoms with Crippen molar-refractivity contribution in [2.24, 2.45) is 13.0 Å². The molecule has 2 aromatic rings. The predicted molar refractivity (Wildman–Crippen MR) is 128 cm³/mol. The summed E-state index contributed by atoms with van der Waals surface area (Å²) in [6, 6.07) is 8.42. The number of carbonyl (C=O) groups excluding carboxylic acids is 3. The van der Waals surface area contributed by atoms with Gasteiger partial charge in [-0.2, -0.15) is 0 Å². The molecule has 176 valence electrons. The second kappa shape index (κ2) is 10.1. The molecule has 0 radical (unpaired) electrons. The van der Waals surface area contributed by atoms with Crippen LogP contribution in [-0.4, -0.2) is 56.9 Å². The van der Waals surface area contributed by atoms with Crippen LogP contribution in [0.15, 0.2) is 41.6 Å². The summed E-state index contributed by atoms with van der Waals surface area (Å²) in [5.74, 6) is 0.369. The van der Waals surface area contributed by atoms with Crippen LogP contribution in [0.5, 0.6) is 0 Å². The lowest BCUT2D eigenvalue weighted by molar-refractivity contribution is -0.133. The van der Waals surface area contributed by atoms with E-state index in [0.717, 1.165) is 25.7 Å². The lowest BCUT2D eigenvalue weighted by Crippen LogP contribution is -2.46. The molecule has 3 heterocycles. The van der Waals surface area contributed by atoms with Crippen molar-refractivity contribution in [1.29, 1.82) is 0 Å². The second-order valence-corrected chi connectivity index (χ2v) is 10.1. The Morgan fingerprint density at radius 1 is 1.27 bits per heavy atom. The summed E-state index contributed by atoms with van der Waals surface area (Å²) >= 11 is 1.70. The highest BCUT2D eigenvalue weighted by molar-refractivity contribution is 7.98. The molecule has 0 saturated carbocycles. The Hall–Kier alpha value is -2.61. The van der Waals surface area contributed by atoms with Crippen molar-refractivity contribution in [1.82, 2.24) is 19.8 Å². The monoisotopic (exact) mass is 468 g/mol. The molecule has 0 unspecified atom stereocenters. The molecule has 2 amide bonds. The predicted octanol–water partition coefficient (Wildman–Crippen LogP) is 3.24. The first kappa shape index (κ1) is 23.5. The summed E-state index contributed by atoms with van der Waals surface area (Å²) in [7, 11) is 1.82. The Bertz CT molecular complexity index is 1020. The maximum atomic E-state index is 13.1. The Labute approximate surface area is 199 Å². The highest BCUT2D eigenvalue weighted by Gasteiger charge is 2.39. The van der Waals surface area contributed by atoms with Crippen LogP contribution in [0.4, 0.5) is 0 Å². The van der Waals surface area contributed by atoms with Crippen LogP contribution in [0.2, 0.25) is 0 Å². The van der Waals surface area contributed by atoms with Gasteiger partial charge in [-0.3, -0.25) is 14.4 Å². The lowest BCUT2D eigenvalue weighted by Gasteiger charge is -2.34. The molecule has 8 heteroatoms. The Kier molecular flexibility index (Phi) is 7.22. The minimum Gasteiger partial charge on any atom is -0.350 e. The van der Waals surface area contributed by atoms with Gasteiger partial charge in [0.25, 0.3) is 0 Å². The minimum atomic E-state index is -0.383. The molecule has 2 aliphatic rings. The number of amides is 2. The van der Waals surface area contributed by atoms with E-state index in [0.29, 0.717) is 38.2 Å². The van der Waals surface area contributed by atoms with Gasteiger partial charge in [0.2, 0.25) is 17.6 Å². The number of Topliss-reactive ketones (excluding diaryl/α,β-unsaturated/α-hetero) is 1. The van der Waals surface area contributed by atoms with Crippen LogP contribution in [-0.2, 0) is 23.1 Å². The van der Waals surface area contributed by atoms with Gasteiger partial charge in [0.05, 0.1) is 0 Å². The molecule has 33 heavy (non-hydrogen) atoms. The molecule has 0 aliphatic carbocycles. The zero-order chi connectivity index (χ0) is 23.4. The van der Waals surface area contributed by atoms with E-state index in [1.54, 1.807) is 28.7 Å². The maximum Gasteiger partial charge on any atom is 0.222 e. The van der Waals surface area contributed by atoms with Gasteiger partial charge in [0, 0.05) is 61.7 Å². The number of ketones is 1. The van der Waals surface area contributed by atoms with Crippen LogP contribution in [0.3, 0.4) is 0 Å². The average molecular weight is 469 g/mol. The number of nitrogens with zero attached hydrogens (tertiary/aromatic N) is 3. The first-order valence-electron chi connectivity index (χ1n) is 11.6. The van der Waals surface area contributed by atoms with Gasteiger partial charge < -0.3 is 14.8 Å². The first-order valence-corrected chi connectivity index (χ1v) is 12.8. The Morgan fingerprint density at radius 3 is 2.70 bits per heavy atom. The zero-order valence-electron chi connectivity index (χ0n) is 19.4. The van der Waals surface area contributed by atoms with Crippen LogP contribution in [0, 0.1) is 5.92 Å². The third-order valence-electron chi connectivity index (χ3n) is 6.94. The molecule has 1 aromatic carbocycles. The van der Waals surface area contributed by atoms with E-state index in [4.69, 9.17) is 0 Å². The molecule has 7 nitrogen and oxygen atoms in total. The SMILES string of the molecule is CSc1ccc(C[C@]2(CCC(=O)N3CCC[C@H](C(=O)c4nccn4C)C3)CCC(=O)N2)cc1. The normalized spacial score (nSPS) is 22.9. The highest BCUT2D eigenvalue weighted by Crippen LogP contribution is 2.31. The van der Waals surface area contributed by atoms with Crippen molar-refractivity contribution in [3.8, 4) is 0 Å². The van der Waals surface area contributed by atoms with E-state index in [2.05, 4.69) is 34.6 Å². The van der Waals surface area contributed by atoms with Gasteiger partial charge in [-0.15, -0.1) is 11.8 Å². The molecule has 1 N–H and O–H groups in total. The summed E-state index contributed by atoms with van der Waals surface area (Å²) in [6.07, 6.45) is 9.98. The third-order valence-corrected chi connectivity index (χ3v) is 7.68. The van der Waals surface area contributed by atoms with Crippen LogP contribution < -0.4 is 5.32 Å². The fourth-order valence-corrected chi connectivity index (χ4v) is 5.43. The van der Waals surface area contributed by atoms with Crippen molar-refractivity contribution >= 4 is 29.4 Å². The fourth-order valence-electron chi connectivity index (χ4n) is 5.02. The Morgan fingerprint density at radius 2 is 2.06 bits per heavy atom. The van der Waals surface area contributed by atoms with Gasteiger partial charge in [-0.25, -0.2) is 4.98 Å². The molecular weight excluding hydrogens is 436 g/mol. The maximum absolute atomic E-state index is 13.1. The quantitative estimate of drug-likeness (QED) is 0.475. The van der Waals surface area contributed by atoms with Crippen LogP contribution in [0.1, 0.15) is 54.7 Å². The first-order chi connectivity index (χ1) is 15.9. The van der Waals surface area contributed by atoms with Crippen molar-refractivity contribution in [2.75, 3.05) is 19.3 Å². The Balaban J connectivity index is 1.38. The number of aryl methyl sites for hydroxylation is 1. The number of benzene rings is 1. The molecular formula is C25H32N4O3S. The summed E-state index contributed by atoms with van der Waals surface area (Å²) in [5, 5.41) is 3.17. The van der Waals surface area contributed by atoms with E-state index in [1.807, 2.05) is 18.2 Å². The van der Waals surface area contributed by atoms with E-state index >= 15 is 0 Å². The molecule has 4 rings (SSSR count). The molecule has 0 bridgehead atoms. The number of nitrogens with one attached hydrogen (secondary N) is 1. The van der Waals surface area contributed by atoms with Crippen molar-refractivity contribution in [3.63, 3.8) is 0 Å². The number of imidazole rings is 1. The molecule has 2 saturated heterocycles. The zero-order valence-corrected chi connectivity index (χ0v) is 20.2. The number of rotatable bonds is 8. The fraction of sp³-hybridized carbons (Fsp3) is 0.520. The molecule has 2 aliphatic heterocycles. The third kappa shape index (κ3) is 5.49. The number of thioether (sulfide) groups is 1. The largest absolute Gasteiger partial charge is 0.350 e. The van der Waals surface area contributed by atoms with Gasteiger partial charge in [-0.1, -0.05) is 12.1 Å². The van der Waals surface area contributed by atoms with E-state index in [1.165, 1.54) is 10.5 Å². The molecule has 1 aromatic heterocycles. The summed E-state index contributed by atoms with van der Waals surface area (Å²) < 4.78 is 1.74. The molecule has 2 atom stereocenters. The summed E-state index contributed by atoms with van der Waals surface area (Å²) in [5.41, 5.74) is 0.784. The number of aromatic nitrogens is 2. The second-order valence-electron chi connectivity index (χ2n) is 9.26. The average Bonchev–Trinajstić information content (AvgIpc) is 3.43. The number of hydrogen-bond acceptors (Lipinski definition) is 5. The van der Waals surface area contributed by atoms with Crippen LogP contribution >= 0.6 is 11.8 Å². The number of piperidine rings is 1. The standard InChI is InChI=1S/C25H32N4O3S/c1-28-15-13-26-24(28)23(32)19-4-3-14-29(17-19)22(31)10-12-25(11-9-21(30)27-25)16-18-5-7-20(33-2)8-6-18/h5-8,13,15,19H,3-4,9-12,14,16-17H2,1-2H3,(H,27,30)/t19-,25+/m0/s1. The van der Waals surface area contributed by atoms with Gasteiger partial charge in [0.15, 0.2) is 5.82 Å². The van der Waals surface area contributed by atoms with Crippen LogP contribution in [0.25, 0.3) is 0 Å². The van der Waals surface area contributed by atoms with Gasteiger partial charge >= 0.3 is 0 Å². The number of carbonyl (C=O) groups is 3. The van der Waals surface area contributed by atoms with Gasteiger partial charge in [-0.05, 0) is 56.1 Å². The van der Waals surface area contributed by atoms with E-state index < -0.39 is 0 Å². The van der Waals surface area contributed by atoms with E-state index in [-0.39, 0.29) is 29.1 Å². The van der Waals surface area contributed by atoms with E-state index in [9.17, 15) is 14.4 Å². The topological polar surface area (TPSA) is 84.3 Å². The molecule has 0 spiro atoms. The number of hydrogen-bond donors (Lipinski definition) is 1.